The number of hydrogen-bond acceptors (Lipinski definition) is 4. The van der Waals surface area contributed by atoms with Crippen molar-refractivity contribution < 1.29 is 13.2 Å². The molecule has 1 N–H and O–H groups in total. The van der Waals surface area contributed by atoms with Gasteiger partial charge in [0.2, 0.25) is 0 Å². The molecule has 19 heavy (non-hydrogen) atoms. The topological polar surface area (TPSA) is 55.4 Å². The lowest BCUT2D eigenvalue weighted by Crippen LogP contribution is -2.11. The van der Waals surface area contributed by atoms with E-state index < -0.39 is 10.0 Å². The summed E-state index contributed by atoms with van der Waals surface area (Å²) in [5, 5.41) is 0.288. The monoisotopic (exact) mass is 317 g/mol. The van der Waals surface area contributed by atoms with Crippen LogP contribution in [0.15, 0.2) is 34.5 Å². The Morgan fingerprint density at radius 1 is 1.26 bits per heavy atom. The Kier molecular flexibility index (Phi) is 4.03. The van der Waals surface area contributed by atoms with E-state index in [1.54, 1.807) is 30.3 Å². The van der Waals surface area contributed by atoms with Crippen molar-refractivity contribution in [2.24, 2.45) is 0 Å². The first-order valence-corrected chi connectivity index (χ1v) is 8.03. The molecule has 0 unspecified atom stereocenters. The number of sulfonamides is 1. The number of rotatable bonds is 4. The molecule has 0 fully saturated rings. The van der Waals surface area contributed by atoms with Gasteiger partial charge in [-0.05, 0) is 31.2 Å². The molecule has 0 radical (unpaired) electrons. The number of benzene rings is 1. The van der Waals surface area contributed by atoms with Crippen molar-refractivity contribution in [3.63, 3.8) is 0 Å². The number of ether oxygens (including phenoxy) is 1. The van der Waals surface area contributed by atoms with Crippen LogP contribution in [0, 0.1) is 6.92 Å². The molecule has 1 aromatic heterocycles. The second-order valence-electron chi connectivity index (χ2n) is 3.82. The van der Waals surface area contributed by atoms with E-state index in [1.807, 2.05) is 6.92 Å². The van der Waals surface area contributed by atoms with E-state index in [2.05, 4.69) is 4.72 Å². The zero-order valence-corrected chi connectivity index (χ0v) is 12.7. The molecule has 0 bridgehead atoms. The number of nitrogens with one attached hydrogen (secondary N) is 1. The summed E-state index contributed by atoms with van der Waals surface area (Å²) in [6, 6.07) is 8.09. The number of aryl methyl sites for hydroxylation is 1. The normalized spacial score (nSPS) is 11.3. The van der Waals surface area contributed by atoms with Gasteiger partial charge in [-0.1, -0.05) is 11.6 Å². The van der Waals surface area contributed by atoms with Gasteiger partial charge in [0.05, 0.1) is 17.8 Å². The summed E-state index contributed by atoms with van der Waals surface area (Å²) in [7, 11) is -2.07. The van der Waals surface area contributed by atoms with E-state index in [0.29, 0.717) is 11.4 Å². The largest absolute Gasteiger partial charge is 0.497 e. The molecule has 102 valence electrons. The fourth-order valence-corrected chi connectivity index (χ4v) is 4.09. The quantitative estimate of drug-likeness (QED) is 0.938. The Labute approximate surface area is 121 Å². The lowest BCUT2D eigenvalue weighted by molar-refractivity contribution is 0.415. The number of halogens is 1. The summed E-state index contributed by atoms with van der Waals surface area (Å²) >= 11 is 7.21. The van der Waals surface area contributed by atoms with Gasteiger partial charge in [-0.25, -0.2) is 8.42 Å². The molecule has 0 saturated heterocycles. The maximum atomic E-state index is 12.1. The van der Waals surface area contributed by atoms with Crippen LogP contribution in [-0.4, -0.2) is 15.5 Å². The highest BCUT2D eigenvalue weighted by atomic mass is 35.5. The van der Waals surface area contributed by atoms with Crippen LogP contribution in [-0.2, 0) is 10.0 Å². The van der Waals surface area contributed by atoms with Crippen molar-refractivity contribution >= 4 is 38.6 Å². The van der Waals surface area contributed by atoms with E-state index in [-0.39, 0.29) is 9.23 Å². The molecular weight excluding hydrogens is 306 g/mol. The molecule has 2 rings (SSSR count). The summed E-state index contributed by atoms with van der Waals surface area (Å²) in [6.45, 7) is 1.85. The number of hydrogen-bond donors (Lipinski definition) is 1. The van der Waals surface area contributed by atoms with Crippen molar-refractivity contribution in [2.45, 2.75) is 11.1 Å². The molecule has 0 aliphatic rings. The lowest BCUT2D eigenvalue weighted by Gasteiger charge is -2.09. The molecule has 1 aromatic carbocycles. The van der Waals surface area contributed by atoms with Gasteiger partial charge >= 0.3 is 0 Å². The number of methoxy groups -OCH3 is 1. The second-order valence-corrected chi connectivity index (χ2v) is 7.42. The predicted molar refractivity (Wildman–Crippen MR) is 77.9 cm³/mol. The van der Waals surface area contributed by atoms with Crippen molar-refractivity contribution in [3.05, 3.63) is 40.2 Å². The van der Waals surface area contributed by atoms with Gasteiger partial charge in [0, 0.05) is 10.9 Å². The molecule has 0 aliphatic carbocycles. The molecule has 1 heterocycles. The van der Waals surface area contributed by atoms with Crippen LogP contribution in [0.25, 0.3) is 0 Å². The summed E-state index contributed by atoms with van der Waals surface area (Å²) in [6.07, 6.45) is 0. The molecule has 0 aliphatic heterocycles. The van der Waals surface area contributed by atoms with E-state index in [1.165, 1.54) is 18.4 Å². The number of thiophene rings is 1. The first-order chi connectivity index (χ1) is 8.92. The lowest BCUT2D eigenvalue weighted by atomic mass is 10.3. The Morgan fingerprint density at radius 2 is 2.00 bits per heavy atom. The highest BCUT2D eigenvalue weighted by molar-refractivity contribution is 7.94. The van der Waals surface area contributed by atoms with E-state index in [0.717, 1.165) is 4.88 Å². The maximum absolute atomic E-state index is 12.1. The standard InChI is InChI=1S/C12H12ClNO3S2/c1-8-3-6-12(18-8)19(15,16)14-11-5-4-9(17-2)7-10(11)13/h3-7,14H,1-2H3. The summed E-state index contributed by atoms with van der Waals surface area (Å²) < 4.78 is 32.0. The fraction of sp³-hybridized carbons (Fsp3) is 0.167. The summed E-state index contributed by atoms with van der Waals surface area (Å²) in [5.41, 5.74) is 0.327. The van der Waals surface area contributed by atoms with Crippen molar-refractivity contribution in [2.75, 3.05) is 11.8 Å². The molecule has 0 spiro atoms. The molecule has 2 aromatic rings. The Balaban J connectivity index is 2.30. The van der Waals surface area contributed by atoms with Crippen LogP contribution in [0.3, 0.4) is 0 Å². The molecule has 0 amide bonds. The highest BCUT2D eigenvalue weighted by Crippen LogP contribution is 2.30. The minimum Gasteiger partial charge on any atom is -0.497 e. The maximum Gasteiger partial charge on any atom is 0.271 e. The Bertz CT molecular complexity index is 695. The van der Waals surface area contributed by atoms with Gasteiger partial charge in [-0.15, -0.1) is 11.3 Å². The van der Waals surface area contributed by atoms with Gasteiger partial charge in [0.1, 0.15) is 9.96 Å². The van der Waals surface area contributed by atoms with Gasteiger partial charge in [0.25, 0.3) is 10.0 Å². The minimum atomic E-state index is -3.59. The highest BCUT2D eigenvalue weighted by Gasteiger charge is 2.17. The van der Waals surface area contributed by atoms with Gasteiger partial charge in [0.15, 0.2) is 0 Å². The van der Waals surface area contributed by atoms with Crippen molar-refractivity contribution in [1.82, 2.24) is 0 Å². The van der Waals surface area contributed by atoms with Crippen LogP contribution in [0.4, 0.5) is 5.69 Å². The van der Waals surface area contributed by atoms with Crippen molar-refractivity contribution in [3.8, 4) is 5.75 Å². The third kappa shape index (κ3) is 3.20. The smallest absolute Gasteiger partial charge is 0.271 e. The minimum absolute atomic E-state index is 0.261. The van der Waals surface area contributed by atoms with Crippen molar-refractivity contribution in [1.29, 1.82) is 0 Å². The molecule has 4 nitrogen and oxygen atoms in total. The van der Waals surface area contributed by atoms with Crippen LogP contribution < -0.4 is 9.46 Å². The van der Waals surface area contributed by atoms with Crippen LogP contribution in [0.5, 0.6) is 5.75 Å². The average molecular weight is 318 g/mol. The van der Waals surface area contributed by atoms with Crippen LogP contribution >= 0.6 is 22.9 Å². The Hall–Kier alpha value is -1.24. The van der Waals surface area contributed by atoms with E-state index in [4.69, 9.17) is 16.3 Å². The summed E-state index contributed by atoms with van der Waals surface area (Å²) in [4.78, 5) is 0.932. The third-order valence-electron chi connectivity index (χ3n) is 2.40. The zero-order valence-electron chi connectivity index (χ0n) is 10.3. The summed E-state index contributed by atoms with van der Waals surface area (Å²) in [5.74, 6) is 0.569. The van der Waals surface area contributed by atoms with E-state index in [9.17, 15) is 8.42 Å². The average Bonchev–Trinajstić information content (AvgIpc) is 2.79. The van der Waals surface area contributed by atoms with Gasteiger partial charge in [-0.2, -0.15) is 0 Å². The van der Waals surface area contributed by atoms with Crippen LogP contribution in [0.2, 0.25) is 5.02 Å². The molecule has 0 saturated carbocycles. The third-order valence-corrected chi connectivity index (χ3v) is 5.57. The van der Waals surface area contributed by atoms with Gasteiger partial charge < -0.3 is 4.74 Å². The zero-order chi connectivity index (χ0) is 14.0. The molecular formula is C12H12ClNO3S2. The van der Waals surface area contributed by atoms with E-state index >= 15 is 0 Å². The number of anilines is 1. The fourth-order valence-electron chi connectivity index (χ4n) is 1.46. The molecule has 0 atom stereocenters. The first-order valence-electron chi connectivity index (χ1n) is 5.35. The SMILES string of the molecule is COc1ccc(NS(=O)(=O)c2ccc(C)s2)c(Cl)c1. The second kappa shape index (κ2) is 5.40. The molecule has 7 heteroatoms. The Morgan fingerprint density at radius 3 is 2.53 bits per heavy atom. The van der Waals surface area contributed by atoms with Crippen LogP contribution in [0.1, 0.15) is 4.88 Å². The first kappa shape index (κ1) is 14.2. The van der Waals surface area contributed by atoms with Gasteiger partial charge in [-0.3, -0.25) is 4.72 Å². The predicted octanol–water partition coefficient (Wildman–Crippen LogP) is 3.52.